The van der Waals surface area contributed by atoms with E-state index in [4.69, 9.17) is 0 Å². The second-order valence-electron chi connectivity index (χ2n) is 5.32. The van der Waals surface area contributed by atoms with Gasteiger partial charge in [0.05, 0.1) is 22.5 Å². The monoisotopic (exact) mass is 347 g/mol. The Bertz CT molecular complexity index is 1010. The van der Waals surface area contributed by atoms with Crippen molar-refractivity contribution in [2.75, 3.05) is 6.26 Å². The van der Waals surface area contributed by atoms with Crippen LogP contribution in [0.1, 0.15) is 16.2 Å². The van der Waals surface area contributed by atoms with Crippen LogP contribution in [0, 0.1) is 5.82 Å². The number of carbonyl (C=O) groups is 1. The maximum absolute atomic E-state index is 13.1. The third kappa shape index (κ3) is 3.43. The van der Waals surface area contributed by atoms with Crippen LogP contribution >= 0.6 is 0 Å². The molecule has 0 aliphatic heterocycles. The number of aromatic amines is 1. The van der Waals surface area contributed by atoms with Crippen molar-refractivity contribution in [2.45, 2.75) is 11.4 Å². The Labute approximate surface area is 137 Å². The van der Waals surface area contributed by atoms with Crippen LogP contribution < -0.4 is 5.32 Å². The van der Waals surface area contributed by atoms with Crippen molar-refractivity contribution < 1.29 is 17.6 Å². The molecule has 0 fully saturated rings. The zero-order chi connectivity index (χ0) is 17.3. The number of hydrogen-bond acceptors (Lipinski definition) is 4. The molecule has 0 atom stereocenters. The second kappa shape index (κ2) is 6.04. The number of sulfone groups is 1. The lowest BCUT2D eigenvalue weighted by atomic mass is 10.2. The van der Waals surface area contributed by atoms with E-state index >= 15 is 0 Å². The molecule has 8 heteroatoms. The van der Waals surface area contributed by atoms with Gasteiger partial charge in [0.15, 0.2) is 9.84 Å². The summed E-state index contributed by atoms with van der Waals surface area (Å²) in [4.78, 5) is 19.4. The lowest BCUT2D eigenvalue weighted by molar-refractivity contribution is 0.0950. The molecule has 2 aromatic carbocycles. The molecule has 3 rings (SSSR count). The molecule has 0 saturated carbocycles. The molecule has 1 amide bonds. The average molecular weight is 347 g/mol. The highest BCUT2D eigenvalue weighted by molar-refractivity contribution is 7.90. The minimum absolute atomic E-state index is 0.142. The minimum atomic E-state index is -3.30. The van der Waals surface area contributed by atoms with Crippen LogP contribution in [0.15, 0.2) is 47.4 Å². The number of carbonyl (C=O) groups excluding carboxylic acids is 1. The van der Waals surface area contributed by atoms with E-state index in [-0.39, 0.29) is 23.2 Å². The van der Waals surface area contributed by atoms with Crippen molar-refractivity contribution >= 4 is 26.8 Å². The van der Waals surface area contributed by atoms with Crippen molar-refractivity contribution in [1.82, 2.24) is 15.3 Å². The quantitative estimate of drug-likeness (QED) is 0.755. The summed E-state index contributed by atoms with van der Waals surface area (Å²) in [6, 6.07) is 9.85. The number of nitrogens with one attached hydrogen (secondary N) is 2. The number of benzene rings is 2. The largest absolute Gasteiger partial charge is 0.345 e. The maximum Gasteiger partial charge on any atom is 0.251 e. The highest BCUT2D eigenvalue weighted by Gasteiger charge is 2.11. The average Bonchev–Trinajstić information content (AvgIpc) is 2.94. The van der Waals surface area contributed by atoms with Gasteiger partial charge in [-0.2, -0.15) is 0 Å². The summed E-state index contributed by atoms with van der Waals surface area (Å²) < 4.78 is 35.9. The first-order valence-electron chi connectivity index (χ1n) is 7.05. The number of nitrogens with zero attached hydrogens (tertiary/aromatic N) is 1. The van der Waals surface area contributed by atoms with Gasteiger partial charge in [0.1, 0.15) is 11.6 Å². The first kappa shape index (κ1) is 16.1. The molecule has 24 heavy (non-hydrogen) atoms. The van der Waals surface area contributed by atoms with Gasteiger partial charge in [-0.15, -0.1) is 0 Å². The number of fused-ring (bicyclic) bond motifs is 1. The van der Waals surface area contributed by atoms with E-state index < -0.39 is 9.84 Å². The predicted octanol–water partition coefficient (Wildman–Crippen LogP) is 2.04. The molecule has 0 spiro atoms. The Morgan fingerprint density at radius 1 is 1.21 bits per heavy atom. The fourth-order valence-electron chi connectivity index (χ4n) is 2.24. The van der Waals surface area contributed by atoms with E-state index in [0.29, 0.717) is 22.4 Å². The zero-order valence-electron chi connectivity index (χ0n) is 12.7. The predicted molar refractivity (Wildman–Crippen MR) is 86.8 cm³/mol. The Balaban J connectivity index is 1.70. The van der Waals surface area contributed by atoms with E-state index in [1.165, 1.54) is 36.4 Å². The van der Waals surface area contributed by atoms with Crippen LogP contribution in [-0.4, -0.2) is 30.5 Å². The normalized spacial score (nSPS) is 11.6. The molecular weight excluding hydrogens is 333 g/mol. The van der Waals surface area contributed by atoms with Gasteiger partial charge >= 0.3 is 0 Å². The van der Waals surface area contributed by atoms with Gasteiger partial charge in [0, 0.05) is 11.8 Å². The Morgan fingerprint density at radius 3 is 2.58 bits per heavy atom. The Morgan fingerprint density at radius 2 is 1.92 bits per heavy atom. The topological polar surface area (TPSA) is 91.9 Å². The zero-order valence-corrected chi connectivity index (χ0v) is 13.5. The summed E-state index contributed by atoms with van der Waals surface area (Å²) in [6.45, 7) is 0.142. The Hall–Kier alpha value is -2.74. The third-order valence-corrected chi connectivity index (χ3v) is 4.58. The van der Waals surface area contributed by atoms with Crippen molar-refractivity contribution in [1.29, 1.82) is 0 Å². The number of amides is 1. The first-order valence-corrected chi connectivity index (χ1v) is 8.94. The van der Waals surface area contributed by atoms with Gasteiger partial charge in [-0.25, -0.2) is 17.8 Å². The molecular formula is C16H14FN3O3S. The van der Waals surface area contributed by atoms with Crippen molar-refractivity contribution in [3.63, 3.8) is 0 Å². The summed E-state index contributed by atoms with van der Waals surface area (Å²) in [6.07, 6.45) is 1.10. The molecule has 1 heterocycles. The lowest BCUT2D eigenvalue weighted by Gasteiger charge is -2.04. The summed E-state index contributed by atoms with van der Waals surface area (Å²) in [5, 5.41) is 2.67. The van der Waals surface area contributed by atoms with Gasteiger partial charge < -0.3 is 10.3 Å². The van der Waals surface area contributed by atoms with E-state index in [1.807, 2.05) is 0 Å². The molecule has 0 aliphatic carbocycles. The van der Waals surface area contributed by atoms with E-state index in [9.17, 15) is 17.6 Å². The minimum Gasteiger partial charge on any atom is -0.345 e. The highest BCUT2D eigenvalue weighted by Crippen LogP contribution is 2.13. The maximum atomic E-state index is 13.1. The number of rotatable bonds is 4. The SMILES string of the molecule is CS(=O)(=O)c1ccc(C(=O)NCc2nc3ccc(F)cc3[nH]2)cc1. The van der Waals surface area contributed by atoms with Crippen LogP contribution in [0.3, 0.4) is 0 Å². The Kier molecular flexibility index (Phi) is 4.06. The molecule has 3 aromatic rings. The van der Waals surface area contributed by atoms with Gasteiger partial charge in [-0.05, 0) is 42.5 Å². The standard InChI is InChI=1S/C16H14FN3O3S/c1-24(22,23)12-5-2-10(3-6-12)16(21)18-9-15-19-13-7-4-11(17)8-14(13)20-15/h2-8H,9H2,1H3,(H,18,21)(H,19,20). The highest BCUT2D eigenvalue weighted by atomic mass is 32.2. The van der Waals surface area contributed by atoms with Crippen molar-refractivity contribution in [3.05, 3.63) is 59.7 Å². The molecule has 0 radical (unpaired) electrons. The number of H-pyrrole nitrogens is 1. The lowest BCUT2D eigenvalue weighted by Crippen LogP contribution is -2.23. The van der Waals surface area contributed by atoms with Crippen LogP contribution in [0.2, 0.25) is 0 Å². The summed E-state index contributed by atoms with van der Waals surface area (Å²) >= 11 is 0. The summed E-state index contributed by atoms with van der Waals surface area (Å²) in [5.74, 6) is -0.230. The van der Waals surface area contributed by atoms with E-state index in [2.05, 4.69) is 15.3 Å². The van der Waals surface area contributed by atoms with E-state index in [0.717, 1.165) is 6.26 Å². The second-order valence-corrected chi connectivity index (χ2v) is 7.34. The fraction of sp³-hybridized carbons (Fsp3) is 0.125. The van der Waals surface area contributed by atoms with Crippen LogP contribution in [-0.2, 0) is 16.4 Å². The van der Waals surface area contributed by atoms with Crippen LogP contribution in [0.25, 0.3) is 11.0 Å². The van der Waals surface area contributed by atoms with Crippen molar-refractivity contribution in [3.8, 4) is 0 Å². The molecule has 2 N–H and O–H groups in total. The van der Waals surface area contributed by atoms with Crippen molar-refractivity contribution in [2.24, 2.45) is 0 Å². The molecule has 0 aliphatic rings. The van der Waals surface area contributed by atoms with Crippen LogP contribution in [0.4, 0.5) is 4.39 Å². The number of halogens is 1. The molecule has 0 saturated heterocycles. The summed E-state index contributed by atoms with van der Waals surface area (Å²) in [7, 11) is -3.30. The molecule has 124 valence electrons. The molecule has 1 aromatic heterocycles. The van der Waals surface area contributed by atoms with Gasteiger partial charge in [-0.3, -0.25) is 4.79 Å². The van der Waals surface area contributed by atoms with Gasteiger partial charge in [-0.1, -0.05) is 0 Å². The third-order valence-electron chi connectivity index (χ3n) is 3.45. The fourth-order valence-corrected chi connectivity index (χ4v) is 2.87. The number of imidazole rings is 1. The van der Waals surface area contributed by atoms with Gasteiger partial charge in [0.2, 0.25) is 0 Å². The van der Waals surface area contributed by atoms with E-state index in [1.54, 1.807) is 6.07 Å². The number of aromatic nitrogens is 2. The molecule has 6 nitrogen and oxygen atoms in total. The molecule has 0 bridgehead atoms. The number of hydrogen-bond donors (Lipinski definition) is 2. The smallest absolute Gasteiger partial charge is 0.251 e. The van der Waals surface area contributed by atoms with Gasteiger partial charge in [0.25, 0.3) is 5.91 Å². The first-order chi connectivity index (χ1) is 11.3. The molecule has 0 unspecified atom stereocenters. The summed E-state index contributed by atoms with van der Waals surface area (Å²) in [5.41, 5.74) is 1.50. The van der Waals surface area contributed by atoms with Crippen LogP contribution in [0.5, 0.6) is 0 Å².